The molecule has 0 bridgehead atoms. The molecule has 0 aliphatic heterocycles. The van der Waals surface area contributed by atoms with Gasteiger partial charge in [-0.25, -0.2) is 4.79 Å². The molecule has 0 unspecified atom stereocenters. The topological polar surface area (TPSA) is 85.9 Å². The molecule has 0 amide bonds. The Morgan fingerprint density at radius 1 is 1.42 bits per heavy atom. The number of methoxy groups -OCH3 is 1. The Labute approximate surface area is 69.8 Å². The van der Waals surface area contributed by atoms with Crippen molar-refractivity contribution in [2.75, 3.05) is 14.2 Å². The number of allylic oxidation sites excluding steroid dienone is 1. The van der Waals surface area contributed by atoms with E-state index >= 15 is 0 Å². The van der Waals surface area contributed by atoms with Gasteiger partial charge in [0.2, 0.25) is 0 Å². The molecule has 12 heavy (non-hydrogen) atoms. The molecule has 0 heterocycles. The molecule has 0 aliphatic rings. The quantitative estimate of drug-likeness (QED) is 0.344. The molecule has 0 atom stereocenters. The number of nitriles is 2. The van der Waals surface area contributed by atoms with E-state index in [9.17, 15) is 4.79 Å². The Morgan fingerprint density at radius 3 is 2.25 bits per heavy atom. The predicted octanol–water partition coefficient (Wildman–Crippen LogP) is -0.320. The van der Waals surface area contributed by atoms with Gasteiger partial charge in [0, 0.05) is 7.05 Å². The van der Waals surface area contributed by atoms with Crippen LogP contribution in [0.5, 0.6) is 0 Å². The summed E-state index contributed by atoms with van der Waals surface area (Å²) in [6, 6.07) is 3.24. The van der Waals surface area contributed by atoms with Crippen molar-refractivity contribution in [2.45, 2.75) is 0 Å². The summed E-state index contributed by atoms with van der Waals surface area (Å²) in [5.41, 5.74) is -0.410. The summed E-state index contributed by atoms with van der Waals surface area (Å²) < 4.78 is 4.28. The maximum absolute atomic E-state index is 10.8. The number of ether oxygens (including phenoxy) is 1. The van der Waals surface area contributed by atoms with Gasteiger partial charge < -0.3 is 10.1 Å². The monoisotopic (exact) mass is 165 g/mol. The van der Waals surface area contributed by atoms with Crippen LogP contribution >= 0.6 is 0 Å². The summed E-state index contributed by atoms with van der Waals surface area (Å²) in [6.45, 7) is 0. The fraction of sp³-hybridized carbons (Fsp3) is 0.286. The van der Waals surface area contributed by atoms with E-state index in [1.165, 1.54) is 7.05 Å². The lowest BCUT2D eigenvalue weighted by molar-refractivity contribution is -0.135. The number of carbonyl (C=O) groups is 1. The number of nitrogens with one attached hydrogen (secondary N) is 1. The minimum atomic E-state index is -0.816. The van der Waals surface area contributed by atoms with Crippen LogP contribution in [0, 0.1) is 22.7 Å². The maximum Gasteiger partial charge on any atom is 0.351 e. The molecular weight excluding hydrogens is 158 g/mol. The van der Waals surface area contributed by atoms with Gasteiger partial charge in [-0.3, -0.25) is 0 Å². The molecule has 5 nitrogen and oxygen atoms in total. The van der Waals surface area contributed by atoms with E-state index in [2.05, 4.69) is 10.1 Å². The third-order valence-corrected chi connectivity index (χ3v) is 1.11. The number of hydrogen-bond donors (Lipinski definition) is 1. The van der Waals surface area contributed by atoms with E-state index in [0.29, 0.717) is 0 Å². The molecule has 0 saturated carbocycles. The lowest BCUT2D eigenvalue weighted by Crippen LogP contribution is -2.13. The van der Waals surface area contributed by atoms with Gasteiger partial charge in [0.25, 0.3) is 0 Å². The van der Waals surface area contributed by atoms with E-state index in [-0.39, 0.29) is 11.3 Å². The largest absolute Gasteiger partial charge is 0.465 e. The molecule has 0 aromatic heterocycles. The number of rotatable bonds is 2. The Morgan fingerprint density at radius 2 is 2.00 bits per heavy atom. The SMILES string of the molecule is CN/C(C#N)=C(\C#N)C(=O)OC. The van der Waals surface area contributed by atoms with Crippen LogP contribution in [0.4, 0.5) is 0 Å². The van der Waals surface area contributed by atoms with Crippen molar-refractivity contribution < 1.29 is 9.53 Å². The second kappa shape index (κ2) is 4.75. The fourth-order valence-corrected chi connectivity index (χ4v) is 0.542. The highest BCUT2D eigenvalue weighted by molar-refractivity contribution is 5.94. The van der Waals surface area contributed by atoms with Crippen molar-refractivity contribution in [1.29, 1.82) is 10.5 Å². The number of hydrogen-bond acceptors (Lipinski definition) is 5. The molecule has 5 heteroatoms. The van der Waals surface area contributed by atoms with E-state index < -0.39 is 5.97 Å². The summed E-state index contributed by atoms with van der Waals surface area (Å²) in [5, 5.41) is 19.3. The van der Waals surface area contributed by atoms with Gasteiger partial charge in [-0.15, -0.1) is 0 Å². The third-order valence-electron chi connectivity index (χ3n) is 1.11. The Kier molecular flexibility index (Phi) is 3.96. The average molecular weight is 165 g/mol. The molecule has 1 N–H and O–H groups in total. The van der Waals surface area contributed by atoms with Crippen molar-refractivity contribution >= 4 is 5.97 Å². The highest BCUT2D eigenvalue weighted by Gasteiger charge is 2.14. The molecule has 0 aromatic carbocycles. The van der Waals surface area contributed by atoms with Gasteiger partial charge >= 0.3 is 5.97 Å². The van der Waals surface area contributed by atoms with Gasteiger partial charge in [0.1, 0.15) is 17.8 Å². The van der Waals surface area contributed by atoms with E-state index in [1.807, 2.05) is 0 Å². The normalized spacial score (nSPS) is 10.3. The summed E-state index contributed by atoms with van der Waals surface area (Å²) in [4.78, 5) is 10.8. The first-order valence-corrected chi connectivity index (χ1v) is 3.01. The van der Waals surface area contributed by atoms with Crippen molar-refractivity contribution in [3.8, 4) is 12.1 Å². The molecule has 0 fully saturated rings. The van der Waals surface area contributed by atoms with Crippen LogP contribution in [0.15, 0.2) is 11.3 Å². The molecular formula is C7H7N3O2. The first-order chi connectivity index (χ1) is 5.71. The van der Waals surface area contributed by atoms with Gasteiger partial charge in [-0.1, -0.05) is 0 Å². The predicted molar refractivity (Wildman–Crippen MR) is 39.3 cm³/mol. The lowest BCUT2D eigenvalue weighted by atomic mass is 10.2. The Balaban J connectivity index is 5.03. The fourth-order valence-electron chi connectivity index (χ4n) is 0.542. The summed E-state index contributed by atoms with van der Waals surface area (Å²) in [5.74, 6) is -0.816. The van der Waals surface area contributed by atoms with Crippen molar-refractivity contribution in [1.82, 2.24) is 5.32 Å². The van der Waals surface area contributed by atoms with Gasteiger partial charge in [0.15, 0.2) is 5.57 Å². The smallest absolute Gasteiger partial charge is 0.351 e. The van der Waals surface area contributed by atoms with E-state index in [4.69, 9.17) is 10.5 Å². The van der Waals surface area contributed by atoms with Crippen LogP contribution in [0.25, 0.3) is 0 Å². The van der Waals surface area contributed by atoms with Gasteiger partial charge in [-0.2, -0.15) is 10.5 Å². The minimum absolute atomic E-state index is 0.0932. The van der Waals surface area contributed by atoms with Gasteiger partial charge in [-0.05, 0) is 0 Å². The zero-order chi connectivity index (χ0) is 9.56. The van der Waals surface area contributed by atoms with Crippen molar-refractivity contribution in [3.63, 3.8) is 0 Å². The molecule has 0 aliphatic carbocycles. The molecule has 62 valence electrons. The lowest BCUT2D eigenvalue weighted by Gasteiger charge is -1.99. The molecule has 0 spiro atoms. The second-order valence-corrected chi connectivity index (χ2v) is 1.72. The van der Waals surface area contributed by atoms with Gasteiger partial charge in [0.05, 0.1) is 7.11 Å². The number of nitrogens with zero attached hydrogens (tertiary/aromatic N) is 2. The Hall–Kier alpha value is -2.01. The highest BCUT2D eigenvalue weighted by Crippen LogP contribution is 2.00. The molecule has 0 saturated heterocycles. The van der Waals surface area contributed by atoms with Crippen LogP contribution in [0.3, 0.4) is 0 Å². The number of esters is 1. The zero-order valence-electron chi connectivity index (χ0n) is 6.71. The van der Waals surface area contributed by atoms with Crippen LogP contribution in [-0.4, -0.2) is 20.1 Å². The molecule has 0 rings (SSSR count). The third kappa shape index (κ3) is 1.99. The van der Waals surface area contributed by atoms with Crippen molar-refractivity contribution in [3.05, 3.63) is 11.3 Å². The summed E-state index contributed by atoms with van der Waals surface area (Å²) in [7, 11) is 2.59. The highest BCUT2D eigenvalue weighted by atomic mass is 16.5. The molecule has 0 radical (unpaired) electrons. The second-order valence-electron chi connectivity index (χ2n) is 1.72. The summed E-state index contributed by atoms with van der Waals surface area (Å²) in [6.07, 6.45) is 0. The first kappa shape index (κ1) is 9.99. The summed E-state index contributed by atoms with van der Waals surface area (Å²) >= 11 is 0. The van der Waals surface area contributed by atoms with Crippen molar-refractivity contribution in [2.24, 2.45) is 0 Å². The zero-order valence-corrected chi connectivity index (χ0v) is 6.71. The average Bonchev–Trinajstić information content (AvgIpc) is 2.12. The Bertz CT molecular complexity index is 293. The van der Waals surface area contributed by atoms with Crippen LogP contribution in [0.2, 0.25) is 0 Å². The van der Waals surface area contributed by atoms with Crippen LogP contribution in [0.1, 0.15) is 0 Å². The minimum Gasteiger partial charge on any atom is -0.465 e. The number of carbonyl (C=O) groups excluding carboxylic acids is 1. The standard InChI is InChI=1S/C7H7N3O2/c1-10-6(4-9)5(3-8)7(11)12-2/h10H,1-2H3/b6-5+. The molecule has 0 aromatic rings. The maximum atomic E-state index is 10.8. The first-order valence-electron chi connectivity index (χ1n) is 3.01. The van der Waals surface area contributed by atoms with Crippen LogP contribution < -0.4 is 5.32 Å². The van der Waals surface area contributed by atoms with E-state index in [0.717, 1.165) is 7.11 Å². The van der Waals surface area contributed by atoms with Crippen LogP contribution in [-0.2, 0) is 9.53 Å². The van der Waals surface area contributed by atoms with E-state index in [1.54, 1.807) is 12.1 Å².